The minimum Gasteiger partial charge on any atom is -0.294 e. The molecule has 7 heteroatoms. The minimum atomic E-state index is -1.94. The zero-order valence-corrected chi connectivity index (χ0v) is 15.8. The van der Waals surface area contributed by atoms with Crippen LogP contribution in [-0.4, -0.2) is 18.8 Å². The number of benzene rings is 2. The predicted octanol–water partition coefficient (Wildman–Crippen LogP) is 4.97. The van der Waals surface area contributed by atoms with Crippen LogP contribution in [0.5, 0.6) is 0 Å². The number of carbonyl (C=O) groups excluding carboxylic acids is 1. The first-order valence-corrected chi connectivity index (χ1v) is 11.3. The van der Waals surface area contributed by atoms with Gasteiger partial charge in [0, 0.05) is 5.56 Å². The fraction of sp³-hybridized carbons (Fsp3) is 0.211. The van der Waals surface area contributed by atoms with E-state index in [-0.39, 0.29) is 22.3 Å². The molecule has 0 fully saturated rings. The van der Waals surface area contributed by atoms with Crippen LogP contribution in [-0.2, 0) is 0 Å². The maximum Gasteiger partial charge on any atom is 0.296 e. The van der Waals surface area contributed by atoms with Gasteiger partial charge in [-0.3, -0.25) is 14.9 Å². The molecule has 0 aliphatic rings. The predicted molar refractivity (Wildman–Crippen MR) is 98.7 cm³/mol. The summed E-state index contributed by atoms with van der Waals surface area (Å²) in [6.07, 6.45) is 0. The Balaban J connectivity index is 2.97. The first kappa shape index (κ1) is 19.5. The van der Waals surface area contributed by atoms with E-state index in [2.05, 4.69) is 11.5 Å². The molecule has 0 spiro atoms. The minimum absolute atomic E-state index is 0.122. The summed E-state index contributed by atoms with van der Waals surface area (Å²) in [6.45, 7) is 6.93. The molecule has 26 heavy (non-hydrogen) atoms. The molecule has 0 amide bonds. The topological polar surface area (TPSA) is 60.2 Å². The van der Waals surface area contributed by atoms with Crippen molar-refractivity contribution in [2.45, 2.75) is 26.6 Å². The second kappa shape index (κ2) is 7.18. The molecule has 0 N–H and O–H groups in total. The second-order valence-corrected chi connectivity index (χ2v) is 11.6. The quantitative estimate of drug-likeness (QED) is 0.251. The molecule has 2 aromatic rings. The zero-order valence-electron chi connectivity index (χ0n) is 14.8. The van der Waals surface area contributed by atoms with Crippen molar-refractivity contribution in [1.82, 2.24) is 0 Å². The third kappa shape index (κ3) is 4.21. The number of nitrogens with zero attached hydrogens (tertiary/aromatic N) is 1. The third-order valence-corrected chi connectivity index (χ3v) is 4.37. The SMILES string of the molecule is CC(=O)c1cc(F)c(C#C[Si](C)(C)C)c([N+](=O)[O-])c1-c1cccc(F)c1. The summed E-state index contributed by atoms with van der Waals surface area (Å²) in [5, 5.41) is 11.7. The molecule has 0 aromatic heterocycles. The molecule has 0 saturated carbocycles. The van der Waals surface area contributed by atoms with Crippen LogP contribution in [0.3, 0.4) is 0 Å². The second-order valence-electron chi connectivity index (χ2n) is 6.83. The number of halogens is 2. The molecule has 0 radical (unpaired) electrons. The van der Waals surface area contributed by atoms with Crippen LogP contribution in [0.1, 0.15) is 22.8 Å². The molecule has 0 atom stereocenters. The molecule has 2 aromatic carbocycles. The van der Waals surface area contributed by atoms with Gasteiger partial charge in [0.2, 0.25) is 0 Å². The summed E-state index contributed by atoms with van der Waals surface area (Å²) in [4.78, 5) is 22.9. The lowest BCUT2D eigenvalue weighted by molar-refractivity contribution is -0.384. The van der Waals surface area contributed by atoms with E-state index in [9.17, 15) is 23.7 Å². The fourth-order valence-electron chi connectivity index (χ4n) is 2.40. The Kier molecular flexibility index (Phi) is 5.38. The Morgan fingerprint density at radius 2 is 1.85 bits per heavy atom. The van der Waals surface area contributed by atoms with Crippen molar-refractivity contribution in [3.63, 3.8) is 0 Å². The maximum atomic E-state index is 14.6. The van der Waals surface area contributed by atoms with Gasteiger partial charge in [-0.25, -0.2) is 8.78 Å². The lowest BCUT2D eigenvalue weighted by Crippen LogP contribution is -2.16. The van der Waals surface area contributed by atoms with E-state index in [1.54, 1.807) is 0 Å². The summed E-state index contributed by atoms with van der Waals surface area (Å²) in [5.74, 6) is 0.467. The first-order valence-electron chi connectivity index (χ1n) is 7.82. The van der Waals surface area contributed by atoms with Crippen molar-refractivity contribution in [2.24, 2.45) is 0 Å². The van der Waals surface area contributed by atoms with Crippen LogP contribution in [0.15, 0.2) is 30.3 Å². The van der Waals surface area contributed by atoms with E-state index in [0.717, 1.165) is 12.1 Å². The highest BCUT2D eigenvalue weighted by Gasteiger charge is 2.29. The number of hydrogen-bond donors (Lipinski definition) is 0. The van der Waals surface area contributed by atoms with Crippen LogP contribution in [0.2, 0.25) is 19.6 Å². The van der Waals surface area contributed by atoms with Crippen LogP contribution in [0, 0.1) is 33.2 Å². The van der Waals surface area contributed by atoms with Crippen LogP contribution < -0.4 is 0 Å². The van der Waals surface area contributed by atoms with E-state index < -0.39 is 36.1 Å². The fourth-order valence-corrected chi connectivity index (χ4v) is 2.90. The Hall–Kier alpha value is -2.85. The Bertz CT molecular complexity index is 969. The van der Waals surface area contributed by atoms with Crippen molar-refractivity contribution in [3.8, 4) is 22.6 Å². The lowest BCUT2D eigenvalue weighted by Gasteiger charge is -2.11. The molecular formula is C19H17F2NO3Si. The van der Waals surface area contributed by atoms with Gasteiger partial charge in [-0.2, -0.15) is 0 Å². The van der Waals surface area contributed by atoms with E-state index in [4.69, 9.17) is 0 Å². The highest BCUT2D eigenvalue weighted by atomic mass is 28.3. The van der Waals surface area contributed by atoms with E-state index >= 15 is 0 Å². The van der Waals surface area contributed by atoms with Crippen molar-refractivity contribution in [2.75, 3.05) is 0 Å². The number of nitro benzene ring substituents is 1. The number of nitro groups is 1. The number of Topliss-reactive ketones (excluding diaryl/α,β-unsaturated/α-hetero) is 1. The third-order valence-electron chi connectivity index (χ3n) is 3.49. The van der Waals surface area contributed by atoms with Crippen molar-refractivity contribution < 1.29 is 18.5 Å². The highest BCUT2D eigenvalue weighted by Crippen LogP contribution is 2.38. The van der Waals surface area contributed by atoms with Gasteiger partial charge in [-0.15, -0.1) is 5.54 Å². The number of rotatable bonds is 3. The zero-order chi connectivity index (χ0) is 19.6. The van der Waals surface area contributed by atoms with Crippen molar-refractivity contribution in [3.05, 3.63) is 63.2 Å². The molecule has 0 saturated heterocycles. The molecule has 0 bridgehead atoms. The Labute approximate surface area is 151 Å². The largest absolute Gasteiger partial charge is 0.296 e. The summed E-state index contributed by atoms with van der Waals surface area (Å²) in [5.41, 5.74) is 1.71. The summed E-state index contributed by atoms with van der Waals surface area (Å²) >= 11 is 0. The number of hydrogen-bond acceptors (Lipinski definition) is 3. The van der Waals surface area contributed by atoms with Crippen molar-refractivity contribution >= 4 is 19.5 Å². The normalized spacial score (nSPS) is 10.8. The molecule has 0 aliphatic carbocycles. The standard InChI is InChI=1S/C19H17F2NO3Si/c1-12(23)16-11-17(21)15(8-9-26(2,3)4)19(22(24)25)18(16)13-6-5-7-14(20)10-13/h5-7,10-11H,1-4H3. The Morgan fingerprint density at radius 3 is 2.35 bits per heavy atom. The van der Waals surface area contributed by atoms with Gasteiger partial charge in [-0.1, -0.05) is 37.7 Å². The van der Waals surface area contributed by atoms with Gasteiger partial charge in [0.1, 0.15) is 25.3 Å². The summed E-state index contributed by atoms with van der Waals surface area (Å²) in [6, 6.07) is 5.99. The molecule has 134 valence electrons. The van der Waals surface area contributed by atoms with Gasteiger partial charge in [0.15, 0.2) is 5.78 Å². The molecule has 0 aliphatic heterocycles. The first-order chi connectivity index (χ1) is 12.0. The maximum absolute atomic E-state index is 14.6. The molecule has 2 rings (SSSR count). The molecule has 0 heterocycles. The van der Waals surface area contributed by atoms with Gasteiger partial charge >= 0.3 is 0 Å². The van der Waals surface area contributed by atoms with Gasteiger partial charge in [-0.05, 0) is 30.7 Å². The van der Waals surface area contributed by atoms with E-state index in [1.807, 2.05) is 19.6 Å². The van der Waals surface area contributed by atoms with E-state index in [1.165, 1.54) is 25.1 Å². The van der Waals surface area contributed by atoms with Crippen LogP contribution in [0.4, 0.5) is 14.5 Å². The lowest BCUT2D eigenvalue weighted by atomic mass is 9.92. The molecular weight excluding hydrogens is 356 g/mol. The van der Waals surface area contributed by atoms with Crippen molar-refractivity contribution in [1.29, 1.82) is 0 Å². The average Bonchev–Trinajstić information content (AvgIpc) is 2.51. The summed E-state index contributed by atoms with van der Waals surface area (Å²) in [7, 11) is -1.94. The number of carbonyl (C=O) groups is 1. The summed E-state index contributed by atoms with van der Waals surface area (Å²) < 4.78 is 28.2. The van der Waals surface area contributed by atoms with Gasteiger partial charge in [0.05, 0.1) is 10.5 Å². The average molecular weight is 373 g/mol. The highest BCUT2D eigenvalue weighted by molar-refractivity contribution is 6.83. The van der Waals surface area contributed by atoms with Crippen LogP contribution >= 0.6 is 0 Å². The Morgan fingerprint density at radius 1 is 1.19 bits per heavy atom. The smallest absolute Gasteiger partial charge is 0.294 e. The number of ketones is 1. The van der Waals surface area contributed by atoms with Gasteiger partial charge in [0.25, 0.3) is 5.69 Å². The molecule has 4 nitrogen and oxygen atoms in total. The van der Waals surface area contributed by atoms with E-state index in [0.29, 0.717) is 0 Å². The molecule has 0 unspecified atom stereocenters. The van der Waals surface area contributed by atoms with Gasteiger partial charge < -0.3 is 0 Å². The van der Waals surface area contributed by atoms with Crippen LogP contribution in [0.25, 0.3) is 11.1 Å². The monoisotopic (exact) mass is 373 g/mol.